The minimum Gasteiger partial charge on any atom is -0.497 e. The van der Waals surface area contributed by atoms with E-state index in [1.165, 1.54) is 0 Å². The average Bonchev–Trinajstić information content (AvgIpc) is 3.48. The molecule has 1 aliphatic rings. The number of hydrogen-bond acceptors (Lipinski definition) is 5. The molecule has 1 N–H and O–H groups in total. The lowest BCUT2D eigenvalue weighted by Gasteiger charge is -2.29. The Morgan fingerprint density at radius 3 is 2.47 bits per heavy atom. The summed E-state index contributed by atoms with van der Waals surface area (Å²) in [6.07, 6.45) is 1.81. The van der Waals surface area contributed by atoms with E-state index in [1.807, 2.05) is 54.6 Å². The molecule has 0 spiro atoms. The highest BCUT2D eigenvalue weighted by atomic mass is 31.2. The Bertz CT molecular complexity index is 915. The van der Waals surface area contributed by atoms with E-state index in [-0.39, 0.29) is 25.3 Å². The molecule has 7 heteroatoms. The first-order valence-corrected chi connectivity index (χ1v) is 11.8. The largest absolute Gasteiger partial charge is 0.497 e. The SMILES string of the molecule is C=CC1CC1(NC(=O)OCc1ccccc1)P(=O)(Cc1ccc(OC)cc1)OCC. The average molecular weight is 429 g/mol. The summed E-state index contributed by atoms with van der Waals surface area (Å²) in [5.74, 6) is 0.579. The van der Waals surface area contributed by atoms with Gasteiger partial charge in [0, 0.05) is 5.92 Å². The third kappa shape index (κ3) is 4.77. The lowest BCUT2D eigenvalue weighted by atomic mass is 10.2. The number of carbonyl (C=O) groups excluding carboxylic acids is 1. The van der Waals surface area contributed by atoms with E-state index in [0.29, 0.717) is 6.42 Å². The van der Waals surface area contributed by atoms with Crippen LogP contribution in [-0.2, 0) is 26.6 Å². The number of alkyl carbamates (subject to hydrolysis) is 1. The highest BCUT2D eigenvalue weighted by Crippen LogP contribution is 2.73. The van der Waals surface area contributed by atoms with Gasteiger partial charge in [0.25, 0.3) is 0 Å². The molecular formula is C23H28NO5P. The molecule has 160 valence electrons. The Morgan fingerprint density at radius 2 is 1.90 bits per heavy atom. The molecule has 1 amide bonds. The first kappa shape index (κ1) is 22.1. The first-order valence-electron chi connectivity index (χ1n) is 9.94. The lowest BCUT2D eigenvalue weighted by Crippen LogP contribution is -2.39. The summed E-state index contributed by atoms with van der Waals surface area (Å²) < 4.78 is 30.4. The van der Waals surface area contributed by atoms with Crippen LogP contribution in [0, 0.1) is 5.92 Å². The third-order valence-electron chi connectivity index (χ3n) is 5.30. The Kier molecular flexibility index (Phi) is 7.01. The molecule has 0 aromatic heterocycles. The molecule has 2 aromatic carbocycles. The number of methoxy groups -OCH3 is 1. The van der Waals surface area contributed by atoms with Crippen LogP contribution in [0.3, 0.4) is 0 Å². The molecule has 1 saturated carbocycles. The van der Waals surface area contributed by atoms with Crippen molar-refractivity contribution in [2.24, 2.45) is 5.92 Å². The molecular weight excluding hydrogens is 401 g/mol. The summed E-state index contributed by atoms with van der Waals surface area (Å²) in [6.45, 7) is 6.05. The normalized spacial score (nSPS) is 21.9. The van der Waals surface area contributed by atoms with Crippen molar-refractivity contribution < 1.29 is 23.4 Å². The molecule has 6 nitrogen and oxygen atoms in total. The summed E-state index contributed by atoms with van der Waals surface area (Å²) in [5.41, 5.74) is 1.73. The molecule has 1 fully saturated rings. The van der Waals surface area contributed by atoms with Gasteiger partial charge < -0.3 is 19.3 Å². The fourth-order valence-electron chi connectivity index (χ4n) is 3.59. The van der Waals surface area contributed by atoms with Gasteiger partial charge in [-0.3, -0.25) is 4.57 Å². The van der Waals surface area contributed by atoms with Crippen molar-refractivity contribution in [1.29, 1.82) is 0 Å². The highest BCUT2D eigenvalue weighted by Gasteiger charge is 2.66. The Balaban J connectivity index is 1.76. The Hall–Kier alpha value is -2.56. The van der Waals surface area contributed by atoms with Crippen LogP contribution >= 0.6 is 7.37 Å². The molecule has 0 aliphatic heterocycles. The van der Waals surface area contributed by atoms with Gasteiger partial charge in [-0.25, -0.2) is 4.79 Å². The van der Waals surface area contributed by atoms with Gasteiger partial charge in [0.1, 0.15) is 17.6 Å². The van der Waals surface area contributed by atoms with Crippen LogP contribution in [0.25, 0.3) is 0 Å². The van der Waals surface area contributed by atoms with Crippen molar-refractivity contribution in [3.05, 3.63) is 78.4 Å². The summed E-state index contributed by atoms with van der Waals surface area (Å²) >= 11 is 0. The molecule has 30 heavy (non-hydrogen) atoms. The first-order chi connectivity index (χ1) is 14.5. The summed E-state index contributed by atoms with van der Waals surface area (Å²) in [4.78, 5) is 12.6. The molecule has 1 aliphatic carbocycles. The van der Waals surface area contributed by atoms with Gasteiger partial charge in [-0.2, -0.15) is 0 Å². The van der Waals surface area contributed by atoms with Crippen molar-refractivity contribution in [1.82, 2.24) is 5.32 Å². The predicted octanol–water partition coefficient (Wildman–Crippen LogP) is 5.34. The van der Waals surface area contributed by atoms with E-state index in [0.717, 1.165) is 16.9 Å². The minimum absolute atomic E-state index is 0.138. The molecule has 0 heterocycles. The Labute approximate surface area is 177 Å². The molecule has 3 unspecified atom stereocenters. The second-order valence-corrected chi connectivity index (χ2v) is 9.97. The van der Waals surface area contributed by atoms with E-state index in [9.17, 15) is 9.36 Å². The molecule has 3 rings (SSSR count). The van der Waals surface area contributed by atoms with Gasteiger partial charge in [-0.05, 0) is 36.6 Å². The number of hydrogen-bond donors (Lipinski definition) is 1. The van der Waals surface area contributed by atoms with Gasteiger partial charge in [0.05, 0.1) is 19.9 Å². The zero-order chi connectivity index (χ0) is 21.6. The van der Waals surface area contributed by atoms with Crippen molar-refractivity contribution in [2.45, 2.75) is 31.4 Å². The van der Waals surface area contributed by atoms with Gasteiger partial charge in [0.15, 0.2) is 0 Å². The number of benzene rings is 2. The van der Waals surface area contributed by atoms with Crippen molar-refractivity contribution >= 4 is 13.5 Å². The summed E-state index contributed by atoms with van der Waals surface area (Å²) in [6, 6.07) is 16.8. The minimum atomic E-state index is -3.30. The van der Waals surface area contributed by atoms with Gasteiger partial charge in [-0.15, -0.1) is 6.58 Å². The fourth-order valence-corrected chi connectivity index (χ4v) is 6.65. The number of ether oxygens (including phenoxy) is 2. The third-order valence-corrected chi connectivity index (χ3v) is 8.59. The fraction of sp³-hybridized carbons (Fsp3) is 0.348. The van der Waals surface area contributed by atoms with Crippen LogP contribution in [0.1, 0.15) is 24.5 Å². The number of amides is 1. The van der Waals surface area contributed by atoms with E-state index < -0.39 is 18.7 Å². The summed E-state index contributed by atoms with van der Waals surface area (Å²) in [5, 5.41) is 1.86. The number of nitrogens with one attached hydrogen (secondary N) is 1. The van der Waals surface area contributed by atoms with Crippen molar-refractivity contribution in [2.75, 3.05) is 13.7 Å². The van der Waals surface area contributed by atoms with Gasteiger partial charge in [-0.1, -0.05) is 48.5 Å². The monoisotopic (exact) mass is 429 g/mol. The summed E-state index contributed by atoms with van der Waals surface area (Å²) in [7, 11) is -1.71. The second kappa shape index (κ2) is 9.50. The van der Waals surface area contributed by atoms with Crippen molar-refractivity contribution in [3.8, 4) is 5.75 Å². The second-order valence-electron chi connectivity index (χ2n) is 7.25. The number of carbonyl (C=O) groups is 1. The maximum absolute atomic E-state index is 14.0. The molecule has 0 bridgehead atoms. The Morgan fingerprint density at radius 1 is 1.20 bits per heavy atom. The van der Waals surface area contributed by atoms with E-state index in [2.05, 4.69) is 11.9 Å². The smallest absolute Gasteiger partial charge is 0.408 e. The van der Waals surface area contributed by atoms with E-state index in [4.69, 9.17) is 14.0 Å². The lowest BCUT2D eigenvalue weighted by molar-refractivity contribution is 0.136. The molecule has 0 saturated heterocycles. The predicted molar refractivity (Wildman–Crippen MR) is 117 cm³/mol. The highest BCUT2D eigenvalue weighted by molar-refractivity contribution is 7.60. The van der Waals surface area contributed by atoms with Crippen LogP contribution in [0.5, 0.6) is 5.75 Å². The maximum Gasteiger partial charge on any atom is 0.408 e. The van der Waals surface area contributed by atoms with Crippen LogP contribution in [-0.4, -0.2) is 25.1 Å². The number of rotatable bonds is 10. The van der Waals surface area contributed by atoms with Gasteiger partial charge >= 0.3 is 6.09 Å². The standard InChI is InChI=1S/C23H28NO5P/c1-4-20-15-23(20,24-22(25)28-16-18-9-7-6-8-10-18)30(26,29-5-2)17-19-11-13-21(27-3)14-12-19/h4,6-14,20H,1,5,15-17H2,2-3H3,(H,24,25). The van der Waals surface area contributed by atoms with Crippen LogP contribution in [0.15, 0.2) is 67.3 Å². The molecule has 0 radical (unpaired) electrons. The van der Waals surface area contributed by atoms with Crippen molar-refractivity contribution in [3.63, 3.8) is 0 Å². The molecule has 2 aromatic rings. The van der Waals surface area contributed by atoms with E-state index in [1.54, 1.807) is 20.1 Å². The molecule has 3 atom stereocenters. The quantitative estimate of drug-likeness (QED) is 0.408. The van der Waals surface area contributed by atoms with Crippen LogP contribution < -0.4 is 10.1 Å². The zero-order valence-electron chi connectivity index (χ0n) is 17.4. The van der Waals surface area contributed by atoms with Crippen LogP contribution in [0.2, 0.25) is 0 Å². The van der Waals surface area contributed by atoms with Crippen LogP contribution in [0.4, 0.5) is 4.79 Å². The zero-order valence-corrected chi connectivity index (χ0v) is 18.3. The van der Waals surface area contributed by atoms with Gasteiger partial charge in [0.2, 0.25) is 7.37 Å². The van der Waals surface area contributed by atoms with E-state index >= 15 is 0 Å². The topological polar surface area (TPSA) is 73.9 Å². The maximum atomic E-state index is 14.0.